The maximum atomic E-state index is 12.0. The molecule has 2 aromatic rings. The molecule has 0 radical (unpaired) electrons. The quantitative estimate of drug-likeness (QED) is 0.672. The number of hydrogen-bond acceptors (Lipinski definition) is 5. The molecule has 0 aliphatic carbocycles. The Bertz CT molecular complexity index is 620. The van der Waals surface area contributed by atoms with Gasteiger partial charge in [-0.1, -0.05) is 6.07 Å². The molecular weight excluding hydrogens is 270 g/mol. The van der Waals surface area contributed by atoms with E-state index in [4.69, 9.17) is 9.47 Å². The van der Waals surface area contributed by atoms with E-state index in [1.54, 1.807) is 36.7 Å². The number of nitrogens with zero attached hydrogens (tertiary/aromatic N) is 2. The zero-order valence-electron chi connectivity index (χ0n) is 11.7. The van der Waals surface area contributed by atoms with Gasteiger partial charge in [0.1, 0.15) is 11.5 Å². The maximum absolute atomic E-state index is 12.0. The lowest BCUT2D eigenvalue weighted by molar-refractivity contribution is 0.0954. The number of nitrogens with one attached hydrogen (secondary N) is 1. The van der Waals surface area contributed by atoms with Gasteiger partial charge in [-0.15, -0.1) is 0 Å². The average Bonchev–Trinajstić information content (AvgIpc) is 2.55. The largest absolute Gasteiger partial charge is 0.497 e. The molecule has 108 valence electrons. The molecule has 0 bridgehead atoms. The van der Waals surface area contributed by atoms with Crippen molar-refractivity contribution in [3.63, 3.8) is 0 Å². The highest BCUT2D eigenvalue weighted by molar-refractivity contribution is 5.95. The summed E-state index contributed by atoms with van der Waals surface area (Å²) in [5, 5.41) is 3.88. The first-order valence-electron chi connectivity index (χ1n) is 6.19. The average molecular weight is 285 g/mol. The van der Waals surface area contributed by atoms with Crippen molar-refractivity contribution < 1.29 is 14.3 Å². The number of hydrazone groups is 1. The number of pyridine rings is 1. The van der Waals surface area contributed by atoms with Crippen LogP contribution in [0, 0.1) is 0 Å². The van der Waals surface area contributed by atoms with Crippen LogP contribution in [-0.4, -0.2) is 31.3 Å². The highest BCUT2D eigenvalue weighted by Crippen LogP contribution is 2.22. The number of ether oxygens (including phenoxy) is 2. The lowest BCUT2D eigenvalue weighted by atomic mass is 10.2. The first-order chi connectivity index (χ1) is 10.2. The monoisotopic (exact) mass is 285 g/mol. The van der Waals surface area contributed by atoms with E-state index in [0.29, 0.717) is 17.1 Å². The van der Waals surface area contributed by atoms with Crippen LogP contribution in [0.5, 0.6) is 11.5 Å². The van der Waals surface area contributed by atoms with Crippen LogP contribution < -0.4 is 14.9 Å². The molecule has 1 aromatic carbocycles. The SMILES string of the molecule is COc1cc(OC)cc(C(=O)N/N=C/c2cccnc2)c1. The number of amides is 1. The molecular formula is C15H15N3O3. The molecule has 6 heteroatoms. The van der Waals surface area contributed by atoms with Gasteiger partial charge in [0.2, 0.25) is 0 Å². The number of benzene rings is 1. The van der Waals surface area contributed by atoms with E-state index in [2.05, 4.69) is 15.5 Å². The van der Waals surface area contributed by atoms with Crippen molar-refractivity contribution in [2.45, 2.75) is 0 Å². The lowest BCUT2D eigenvalue weighted by Gasteiger charge is -2.07. The van der Waals surface area contributed by atoms with Gasteiger partial charge in [-0.05, 0) is 18.2 Å². The molecule has 0 spiro atoms. The third-order valence-corrected chi connectivity index (χ3v) is 2.68. The predicted molar refractivity (Wildman–Crippen MR) is 78.8 cm³/mol. The molecule has 0 unspecified atom stereocenters. The summed E-state index contributed by atoms with van der Waals surface area (Å²) in [6, 6.07) is 8.53. The third-order valence-electron chi connectivity index (χ3n) is 2.68. The minimum absolute atomic E-state index is 0.354. The summed E-state index contributed by atoms with van der Waals surface area (Å²) < 4.78 is 10.2. The van der Waals surface area contributed by atoms with Gasteiger partial charge in [-0.2, -0.15) is 5.10 Å². The van der Waals surface area contributed by atoms with Crippen molar-refractivity contribution in [3.05, 3.63) is 53.9 Å². The van der Waals surface area contributed by atoms with Crippen LogP contribution in [0.1, 0.15) is 15.9 Å². The van der Waals surface area contributed by atoms with Gasteiger partial charge in [0, 0.05) is 29.6 Å². The summed E-state index contributed by atoms with van der Waals surface area (Å²) in [7, 11) is 3.05. The van der Waals surface area contributed by atoms with Crippen LogP contribution in [0.3, 0.4) is 0 Å². The summed E-state index contributed by atoms with van der Waals surface area (Å²) in [6.07, 6.45) is 4.82. The van der Waals surface area contributed by atoms with Gasteiger partial charge in [0.15, 0.2) is 0 Å². The Balaban J connectivity index is 2.08. The molecule has 1 amide bonds. The fourth-order valence-electron chi connectivity index (χ4n) is 1.62. The molecule has 6 nitrogen and oxygen atoms in total. The highest BCUT2D eigenvalue weighted by atomic mass is 16.5. The van der Waals surface area contributed by atoms with Gasteiger partial charge in [0.25, 0.3) is 5.91 Å². The number of carbonyl (C=O) groups is 1. The Hall–Kier alpha value is -2.89. The third kappa shape index (κ3) is 4.04. The van der Waals surface area contributed by atoms with E-state index in [1.165, 1.54) is 20.4 Å². The summed E-state index contributed by atoms with van der Waals surface area (Å²) >= 11 is 0. The fraction of sp³-hybridized carbons (Fsp3) is 0.133. The van der Waals surface area contributed by atoms with Crippen molar-refractivity contribution in [1.29, 1.82) is 0 Å². The fourth-order valence-corrected chi connectivity index (χ4v) is 1.62. The van der Waals surface area contributed by atoms with Gasteiger partial charge >= 0.3 is 0 Å². The number of aromatic nitrogens is 1. The number of methoxy groups -OCH3 is 2. The van der Waals surface area contributed by atoms with Gasteiger partial charge in [0.05, 0.1) is 20.4 Å². The standard InChI is InChI=1S/C15H15N3O3/c1-20-13-6-12(7-14(8-13)21-2)15(19)18-17-10-11-4-3-5-16-9-11/h3-10H,1-2H3,(H,18,19)/b17-10+. The molecule has 0 saturated carbocycles. The zero-order chi connectivity index (χ0) is 15.1. The van der Waals surface area contributed by atoms with Gasteiger partial charge in [-0.25, -0.2) is 5.43 Å². The Morgan fingerprint density at radius 1 is 1.24 bits per heavy atom. The minimum Gasteiger partial charge on any atom is -0.497 e. The Kier molecular flexibility index (Phi) is 4.87. The molecule has 1 heterocycles. The number of carbonyl (C=O) groups excluding carboxylic acids is 1. The summed E-state index contributed by atoms with van der Waals surface area (Å²) in [5.41, 5.74) is 3.63. The molecule has 0 fully saturated rings. The van der Waals surface area contributed by atoms with Gasteiger partial charge < -0.3 is 9.47 Å². The Labute approximate surface area is 122 Å². The summed E-state index contributed by atoms with van der Waals surface area (Å²) in [6.45, 7) is 0. The molecule has 0 aliphatic heterocycles. The van der Waals surface area contributed by atoms with Crippen LogP contribution in [0.2, 0.25) is 0 Å². The molecule has 0 atom stereocenters. The molecule has 1 N–H and O–H groups in total. The van der Waals surface area contributed by atoms with Crippen LogP contribution >= 0.6 is 0 Å². The summed E-state index contributed by atoms with van der Waals surface area (Å²) in [4.78, 5) is 16.0. The van der Waals surface area contributed by atoms with Crippen LogP contribution in [-0.2, 0) is 0 Å². The molecule has 2 rings (SSSR count). The van der Waals surface area contributed by atoms with Crippen molar-refractivity contribution in [2.24, 2.45) is 5.10 Å². The highest BCUT2D eigenvalue weighted by Gasteiger charge is 2.08. The van der Waals surface area contributed by atoms with Gasteiger partial charge in [-0.3, -0.25) is 9.78 Å². The zero-order valence-corrected chi connectivity index (χ0v) is 11.7. The second kappa shape index (κ2) is 7.04. The summed E-state index contributed by atoms with van der Waals surface area (Å²) in [5.74, 6) is 0.721. The lowest BCUT2D eigenvalue weighted by Crippen LogP contribution is -2.17. The van der Waals surface area contributed by atoms with E-state index in [0.717, 1.165) is 5.56 Å². The molecule has 21 heavy (non-hydrogen) atoms. The van der Waals surface area contributed by atoms with Crippen LogP contribution in [0.15, 0.2) is 47.8 Å². The second-order valence-corrected chi connectivity index (χ2v) is 4.09. The van der Waals surface area contributed by atoms with E-state index in [1.807, 2.05) is 6.07 Å². The first kappa shape index (κ1) is 14.5. The second-order valence-electron chi connectivity index (χ2n) is 4.09. The van der Waals surface area contributed by atoms with E-state index in [-0.39, 0.29) is 5.91 Å². The van der Waals surface area contributed by atoms with E-state index in [9.17, 15) is 4.79 Å². The van der Waals surface area contributed by atoms with Crippen LogP contribution in [0.4, 0.5) is 0 Å². The Morgan fingerprint density at radius 3 is 2.52 bits per heavy atom. The predicted octanol–water partition coefficient (Wildman–Crippen LogP) is 1.86. The Morgan fingerprint density at radius 2 is 1.95 bits per heavy atom. The van der Waals surface area contributed by atoms with Crippen molar-refractivity contribution in [3.8, 4) is 11.5 Å². The molecule has 0 aliphatic rings. The normalized spacial score (nSPS) is 10.4. The smallest absolute Gasteiger partial charge is 0.271 e. The minimum atomic E-state index is -0.354. The molecule has 1 aromatic heterocycles. The molecule has 0 saturated heterocycles. The van der Waals surface area contributed by atoms with Crippen molar-refractivity contribution in [2.75, 3.05) is 14.2 Å². The first-order valence-corrected chi connectivity index (χ1v) is 6.19. The maximum Gasteiger partial charge on any atom is 0.271 e. The number of hydrogen-bond donors (Lipinski definition) is 1. The van der Waals surface area contributed by atoms with E-state index < -0.39 is 0 Å². The van der Waals surface area contributed by atoms with Crippen LogP contribution in [0.25, 0.3) is 0 Å². The van der Waals surface area contributed by atoms with E-state index >= 15 is 0 Å². The van der Waals surface area contributed by atoms with Crippen molar-refractivity contribution >= 4 is 12.1 Å². The number of rotatable bonds is 5. The topological polar surface area (TPSA) is 72.8 Å². The van der Waals surface area contributed by atoms with Crippen molar-refractivity contribution in [1.82, 2.24) is 10.4 Å².